The number of benzene rings is 3. The maximum absolute atomic E-state index is 4.53. The van der Waals surface area contributed by atoms with Gasteiger partial charge in [-0.15, -0.1) is 11.8 Å². The molecule has 4 aromatic rings. The summed E-state index contributed by atoms with van der Waals surface area (Å²) in [5.74, 6) is 1.36. The standard InChI is InChI=1S/C22H20N6S/c1-29-19-14-8-13-18(15-19)25-22-27-20(23-16-9-4-2-5-10-16)26-21(28-22)24-17-11-6-3-7-12-17/h2-15H,1H3,(H3,23,24,25,26,27,28). The number of hydrogen-bond donors (Lipinski definition) is 3. The highest BCUT2D eigenvalue weighted by Gasteiger charge is 2.08. The molecule has 0 aliphatic carbocycles. The van der Waals surface area contributed by atoms with Gasteiger partial charge >= 0.3 is 0 Å². The van der Waals surface area contributed by atoms with Crippen molar-refractivity contribution in [3.05, 3.63) is 84.9 Å². The zero-order valence-electron chi connectivity index (χ0n) is 15.8. The average molecular weight is 401 g/mol. The summed E-state index contributed by atoms with van der Waals surface area (Å²) in [7, 11) is 0. The number of rotatable bonds is 7. The normalized spacial score (nSPS) is 10.4. The van der Waals surface area contributed by atoms with Crippen LogP contribution in [0.4, 0.5) is 34.9 Å². The molecule has 0 atom stereocenters. The number of hydrogen-bond acceptors (Lipinski definition) is 7. The Hall–Kier alpha value is -3.58. The molecule has 0 aliphatic rings. The van der Waals surface area contributed by atoms with E-state index in [0.29, 0.717) is 17.8 Å². The lowest BCUT2D eigenvalue weighted by Crippen LogP contribution is -2.07. The monoisotopic (exact) mass is 400 g/mol. The van der Waals surface area contributed by atoms with Gasteiger partial charge in [0, 0.05) is 22.0 Å². The smallest absolute Gasteiger partial charge is 0.233 e. The highest BCUT2D eigenvalue weighted by Crippen LogP contribution is 2.23. The van der Waals surface area contributed by atoms with Crippen molar-refractivity contribution in [3.63, 3.8) is 0 Å². The molecule has 1 aromatic heterocycles. The molecular weight excluding hydrogens is 380 g/mol. The topological polar surface area (TPSA) is 74.8 Å². The lowest BCUT2D eigenvalue weighted by molar-refractivity contribution is 1.06. The van der Waals surface area contributed by atoms with Gasteiger partial charge in [0.1, 0.15) is 0 Å². The third-order valence-corrected chi connectivity index (χ3v) is 4.75. The molecule has 0 amide bonds. The summed E-state index contributed by atoms with van der Waals surface area (Å²) in [6.07, 6.45) is 2.05. The molecule has 144 valence electrons. The summed E-state index contributed by atoms with van der Waals surface area (Å²) in [6, 6.07) is 27.7. The van der Waals surface area contributed by atoms with Crippen LogP contribution in [-0.2, 0) is 0 Å². The number of aromatic nitrogens is 3. The Morgan fingerprint density at radius 1 is 0.552 bits per heavy atom. The molecule has 0 spiro atoms. The minimum Gasteiger partial charge on any atom is -0.324 e. The lowest BCUT2D eigenvalue weighted by atomic mass is 10.3. The predicted molar refractivity (Wildman–Crippen MR) is 121 cm³/mol. The van der Waals surface area contributed by atoms with E-state index >= 15 is 0 Å². The van der Waals surface area contributed by atoms with Gasteiger partial charge in [0.15, 0.2) is 0 Å². The zero-order chi connectivity index (χ0) is 19.9. The Morgan fingerprint density at radius 3 is 1.48 bits per heavy atom. The fraction of sp³-hybridized carbons (Fsp3) is 0.0455. The highest BCUT2D eigenvalue weighted by molar-refractivity contribution is 7.98. The number of nitrogens with one attached hydrogen (secondary N) is 3. The first kappa shape index (κ1) is 18.8. The van der Waals surface area contributed by atoms with Crippen LogP contribution in [0.15, 0.2) is 89.8 Å². The number of anilines is 6. The first-order valence-electron chi connectivity index (χ1n) is 9.10. The van der Waals surface area contributed by atoms with E-state index in [2.05, 4.69) is 43.0 Å². The Labute approximate surface area is 173 Å². The minimum atomic E-state index is 0.452. The fourth-order valence-corrected chi connectivity index (χ4v) is 3.13. The number of para-hydroxylation sites is 2. The third kappa shape index (κ3) is 5.24. The molecule has 1 heterocycles. The molecule has 0 saturated heterocycles. The van der Waals surface area contributed by atoms with E-state index in [1.54, 1.807) is 11.8 Å². The van der Waals surface area contributed by atoms with Crippen molar-refractivity contribution < 1.29 is 0 Å². The average Bonchev–Trinajstić information content (AvgIpc) is 2.75. The van der Waals surface area contributed by atoms with Crippen LogP contribution in [0.1, 0.15) is 0 Å². The first-order chi connectivity index (χ1) is 14.3. The van der Waals surface area contributed by atoms with E-state index in [4.69, 9.17) is 0 Å². The molecule has 0 bridgehead atoms. The zero-order valence-corrected chi connectivity index (χ0v) is 16.6. The fourth-order valence-electron chi connectivity index (χ4n) is 2.67. The summed E-state index contributed by atoms with van der Waals surface area (Å²) in [5.41, 5.74) is 2.72. The predicted octanol–water partition coefficient (Wildman–Crippen LogP) is 5.82. The molecule has 7 heteroatoms. The van der Waals surface area contributed by atoms with Gasteiger partial charge in [-0.2, -0.15) is 15.0 Å². The maximum atomic E-state index is 4.53. The minimum absolute atomic E-state index is 0.452. The van der Waals surface area contributed by atoms with Crippen molar-refractivity contribution in [1.82, 2.24) is 15.0 Å². The quantitative estimate of drug-likeness (QED) is 0.337. The Bertz CT molecular complexity index is 1010. The molecule has 29 heavy (non-hydrogen) atoms. The van der Waals surface area contributed by atoms with Crippen LogP contribution in [0.3, 0.4) is 0 Å². The second kappa shape index (κ2) is 9.07. The number of nitrogens with zero attached hydrogens (tertiary/aromatic N) is 3. The molecule has 3 aromatic carbocycles. The maximum Gasteiger partial charge on any atom is 0.233 e. The van der Waals surface area contributed by atoms with E-state index in [9.17, 15) is 0 Å². The van der Waals surface area contributed by atoms with Gasteiger partial charge in [-0.25, -0.2) is 0 Å². The van der Waals surface area contributed by atoms with Crippen molar-refractivity contribution in [3.8, 4) is 0 Å². The van der Waals surface area contributed by atoms with Crippen molar-refractivity contribution in [2.24, 2.45) is 0 Å². The number of thioether (sulfide) groups is 1. The van der Waals surface area contributed by atoms with Gasteiger partial charge < -0.3 is 16.0 Å². The Morgan fingerprint density at radius 2 is 1.00 bits per heavy atom. The van der Waals surface area contributed by atoms with Gasteiger partial charge in [0.2, 0.25) is 17.8 Å². The van der Waals surface area contributed by atoms with E-state index in [1.807, 2.05) is 79.1 Å². The lowest BCUT2D eigenvalue weighted by Gasteiger charge is -2.12. The van der Waals surface area contributed by atoms with Gasteiger partial charge in [0.25, 0.3) is 0 Å². The summed E-state index contributed by atoms with van der Waals surface area (Å²) in [6.45, 7) is 0. The van der Waals surface area contributed by atoms with Crippen molar-refractivity contribution >= 4 is 46.7 Å². The third-order valence-electron chi connectivity index (χ3n) is 4.02. The van der Waals surface area contributed by atoms with Gasteiger partial charge in [-0.05, 0) is 48.7 Å². The molecule has 0 radical (unpaired) electrons. The van der Waals surface area contributed by atoms with Crippen LogP contribution in [0.2, 0.25) is 0 Å². The largest absolute Gasteiger partial charge is 0.324 e. The molecule has 0 fully saturated rings. The molecule has 6 nitrogen and oxygen atoms in total. The van der Waals surface area contributed by atoms with Gasteiger partial charge in [0.05, 0.1) is 0 Å². The highest BCUT2D eigenvalue weighted by atomic mass is 32.2. The van der Waals surface area contributed by atoms with Gasteiger partial charge in [-0.1, -0.05) is 42.5 Å². The summed E-state index contributed by atoms with van der Waals surface area (Å²) in [5, 5.41) is 9.74. The second-order valence-corrected chi connectivity index (χ2v) is 7.02. The van der Waals surface area contributed by atoms with Gasteiger partial charge in [-0.3, -0.25) is 0 Å². The van der Waals surface area contributed by atoms with Crippen LogP contribution < -0.4 is 16.0 Å². The van der Waals surface area contributed by atoms with Crippen LogP contribution in [0.5, 0.6) is 0 Å². The molecule has 3 N–H and O–H groups in total. The van der Waals surface area contributed by atoms with E-state index in [0.717, 1.165) is 22.0 Å². The van der Waals surface area contributed by atoms with Crippen LogP contribution in [-0.4, -0.2) is 21.2 Å². The Balaban J connectivity index is 1.65. The second-order valence-electron chi connectivity index (χ2n) is 6.15. The summed E-state index contributed by atoms with van der Waals surface area (Å²) in [4.78, 5) is 14.7. The van der Waals surface area contributed by atoms with E-state index < -0.39 is 0 Å². The SMILES string of the molecule is CSc1cccc(Nc2nc(Nc3ccccc3)nc(Nc3ccccc3)n2)c1. The van der Waals surface area contributed by atoms with Crippen molar-refractivity contribution in [1.29, 1.82) is 0 Å². The van der Waals surface area contributed by atoms with E-state index in [1.165, 1.54) is 0 Å². The summed E-state index contributed by atoms with van der Waals surface area (Å²) < 4.78 is 0. The van der Waals surface area contributed by atoms with Crippen LogP contribution in [0, 0.1) is 0 Å². The molecule has 0 saturated carbocycles. The summed E-state index contributed by atoms with van der Waals surface area (Å²) >= 11 is 1.69. The first-order valence-corrected chi connectivity index (χ1v) is 10.3. The van der Waals surface area contributed by atoms with E-state index in [-0.39, 0.29) is 0 Å². The van der Waals surface area contributed by atoms with Crippen molar-refractivity contribution in [2.75, 3.05) is 22.2 Å². The Kier molecular flexibility index (Phi) is 5.87. The van der Waals surface area contributed by atoms with Crippen molar-refractivity contribution in [2.45, 2.75) is 4.90 Å². The molecule has 0 aliphatic heterocycles. The van der Waals surface area contributed by atoms with Crippen LogP contribution in [0.25, 0.3) is 0 Å². The molecule has 0 unspecified atom stereocenters. The molecule has 4 rings (SSSR count). The molecular formula is C22H20N6S. The van der Waals surface area contributed by atoms with Crippen LogP contribution >= 0.6 is 11.8 Å².